The second-order valence-electron chi connectivity index (χ2n) is 4.57. The largest absolute Gasteiger partial charge is 0.478 e. The monoisotopic (exact) mass is 262 g/mol. The first-order valence-electron chi connectivity index (χ1n) is 6.51. The molecule has 2 rings (SSSR count). The van der Waals surface area contributed by atoms with E-state index < -0.39 is 5.97 Å². The van der Waals surface area contributed by atoms with Gasteiger partial charge in [0.2, 0.25) is 0 Å². The first-order chi connectivity index (χ1) is 9.13. The maximum atomic E-state index is 10.9. The van der Waals surface area contributed by atoms with E-state index in [2.05, 4.69) is 24.1 Å². The fourth-order valence-corrected chi connectivity index (χ4v) is 1.94. The van der Waals surface area contributed by atoms with Gasteiger partial charge in [-0.05, 0) is 24.1 Å². The quantitative estimate of drug-likeness (QED) is 0.834. The SMILES string of the molecule is CCC(CC)CNc1nc2ccc(C(=O)O)cc2o1. The lowest BCUT2D eigenvalue weighted by Crippen LogP contribution is -2.12. The topological polar surface area (TPSA) is 75.4 Å². The summed E-state index contributed by atoms with van der Waals surface area (Å²) in [7, 11) is 0. The van der Waals surface area contributed by atoms with Crippen LogP contribution in [0.15, 0.2) is 22.6 Å². The van der Waals surface area contributed by atoms with Crippen LogP contribution in [0.1, 0.15) is 37.0 Å². The van der Waals surface area contributed by atoms with Gasteiger partial charge in [0, 0.05) is 6.54 Å². The molecule has 5 heteroatoms. The number of aromatic nitrogens is 1. The Labute approximate surface area is 111 Å². The summed E-state index contributed by atoms with van der Waals surface area (Å²) in [5.41, 5.74) is 1.36. The van der Waals surface area contributed by atoms with Crippen LogP contribution in [0.25, 0.3) is 11.1 Å². The van der Waals surface area contributed by atoms with Crippen LogP contribution < -0.4 is 5.32 Å². The van der Waals surface area contributed by atoms with Crippen molar-refractivity contribution in [2.45, 2.75) is 26.7 Å². The molecule has 0 saturated carbocycles. The Morgan fingerprint density at radius 2 is 2.16 bits per heavy atom. The van der Waals surface area contributed by atoms with E-state index in [0.29, 0.717) is 23.0 Å². The van der Waals surface area contributed by atoms with E-state index in [1.54, 1.807) is 6.07 Å². The molecule has 0 fully saturated rings. The van der Waals surface area contributed by atoms with Gasteiger partial charge in [-0.15, -0.1) is 0 Å². The molecule has 2 N–H and O–H groups in total. The van der Waals surface area contributed by atoms with Crippen molar-refractivity contribution in [2.24, 2.45) is 5.92 Å². The molecule has 5 nitrogen and oxygen atoms in total. The van der Waals surface area contributed by atoms with Crippen LogP contribution in [0.3, 0.4) is 0 Å². The molecule has 0 spiro atoms. The van der Waals surface area contributed by atoms with E-state index in [1.807, 2.05) is 0 Å². The lowest BCUT2D eigenvalue weighted by Gasteiger charge is -2.11. The summed E-state index contributed by atoms with van der Waals surface area (Å²) in [5.74, 6) is -0.380. The summed E-state index contributed by atoms with van der Waals surface area (Å²) in [6.45, 7) is 5.12. The van der Waals surface area contributed by atoms with E-state index in [-0.39, 0.29) is 5.56 Å². The summed E-state index contributed by atoms with van der Waals surface area (Å²) in [6, 6.07) is 5.12. The van der Waals surface area contributed by atoms with Gasteiger partial charge in [0.15, 0.2) is 5.58 Å². The molecule has 19 heavy (non-hydrogen) atoms. The van der Waals surface area contributed by atoms with Gasteiger partial charge in [0.25, 0.3) is 6.01 Å². The number of oxazole rings is 1. The summed E-state index contributed by atoms with van der Waals surface area (Å²) in [4.78, 5) is 15.1. The Morgan fingerprint density at radius 1 is 1.42 bits per heavy atom. The highest BCUT2D eigenvalue weighted by Gasteiger charge is 2.10. The second kappa shape index (κ2) is 5.73. The molecule has 1 heterocycles. The van der Waals surface area contributed by atoms with Gasteiger partial charge in [-0.1, -0.05) is 26.7 Å². The lowest BCUT2D eigenvalue weighted by molar-refractivity contribution is 0.0697. The summed E-state index contributed by atoms with van der Waals surface area (Å²) < 4.78 is 5.51. The fourth-order valence-electron chi connectivity index (χ4n) is 1.94. The highest BCUT2D eigenvalue weighted by Crippen LogP contribution is 2.21. The van der Waals surface area contributed by atoms with E-state index in [4.69, 9.17) is 9.52 Å². The first kappa shape index (κ1) is 13.4. The Morgan fingerprint density at radius 3 is 2.79 bits per heavy atom. The third kappa shape index (κ3) is 3.05. The molecule has 0 aliphatic heterocycles. The third-order valence-electron chi connectivity index (χ3n) is 3.33. The molecule has 102 valence electrons. The number of nitrogens with zero attached hydrogens (tertiary/aromatic N) is 1. The predicted octanol–water partition coefficient (Wildman–Crippen LogP) is 3.37. The van der Waals surface area contributed by atoms with Gasteiger partial charge in [-0.25, -0.2) is 4.79 Å². The van der Waals surface area contributed by atoms with Gasteiger partial charge < -0.3 is 14.8 Å². The zero-order valence-electron chi connectivity index (χ0n) is 11.1. The van der Waals surface area contributed by atoms with E-state index in [0.717, 1.165) is 19.4 Å². The van der Waals surface area contributed by atoms with Crippen LogP contribution in [0.4, 0.5) is 6.01 Å². The minimum absolute atomic E-state index is 0.204. The molecule has 0 aliphatic carbocycles. The zero-order valence-corrected chi connectivity index (χ0v) is 11.1. The number of carboxylic acids is 1. The van der Waals surface area contributed by atoms with Crippen molar-refractivity contribution in [1.29, 1.82) is 0 Å². The summed E-state index contributed by atoms with van der Waals surface area (Å²) in [6.07, 6.45) is 2.21. The third-order valence-corrected chi connectivity index (χ3v) is 3.33. The van der Waals surface area contributed by atoms with Gasteiger partial charge >= 0.3 is 5.97 Å². The molecular formula is C14H18N2O3. The molecule has 0 amide bonds. The van der Waals surface area contributed by atoms with Crippen LogP contribution in [-0.2, 0) is 0 Å². The molecule has 0 saturated heterocycles. The van der Waals surface area contributed by atoms with E-state index in [1.165, 1.54) is 12.1 Å². The van der Waals surface area contributed by atoms with Crippen molar-refractivity contribution >= 4 is 23.1 Å². The Balaban J connectivity index is 2.15. The second-order valence-corrected chi connectivity index (χ2v) is 4.57. The van der Waals surface area contributed by atoms with Crippen molar-refractivity contribution < 1.29 is 14.3 Å². The van der Waals surface area contributed by atoms with E-state index >= 15 is 0 Å². The van der Waals surface area contributed by atoms with Gasteiger partial charge in [-0.3, -0.25) is 0 Å². The zero-order chi connectivity index (χ0) is 13.8. The number of anilines is 1. The van der Waals surface area contributed by atoms with Gasteiger partial charge in [0.1, 0.15) is 5.52 Å². The molecule has 0 bridgehead atoms. The van der Waals surface area contributed by atoms with E-state index in [9.17, 15) is 4.79 Å². The number of hydrogen-bond acceptors (Lipinski definition) is 4. The number of aromatic carboxylic acids is 1. The molecule has 2 aromatic rings. The maximum absolute atomic E-state index is 10.9. The van der Waals surface area contributed by atoms with Crippen molar-refractivity contribution in [3.63, 3.8) is 0 Å². The number of carboxylic acid groups (broad SMARTS) is 1. The van der Waals surface area contributed by atoms with Crippen molar-refractivity contribution in [2.75, 3.05) is 11.9 Å². The number of benzene rings is 1. The average Bonchev–Trinajstić information content (AvgIpc) is 2.81. The Hall–Kier alpha value is -2.04. The fraction of sp³-hybridized carbons (Fsp3) is 0.429. The van der Waals surface area contributed by atoms with Crippen molar-refractivity contribution in [1.82, 2.24) is 4.98 Å². The van der Waals surface area contributed by atoms with Crippen LogP contribution in [0.2, 0.25) is 0 Å². The molecule has 1 aromatic heterocycles. The lowest BCUT2D eigenvalue weighted by atomic mass is 10.0. The Kier molecular flexibility index (Phi) is 4.04. The Bertz CT molecular complexity index is 573. The molecule has 0 radical (unpaired) electrons. The van der Waals surface area contributed by atoms with Gasteiger partial charge in [-0.2, -0.15) is 4.98 Å². The number of hydrogen-bond donors (Lipinski definition) is 2. The number of fused-ring (bicyclic) bond motifs is 1. The highest BCUT2D eigenvalue weighted by atomic mass is 16.4. The molecule has 0 aliphatic rings. The highest BCUT2D eigenvalue weighted by molar-refractivity contribution is 5.92. The number of rotatable bonds is 6. The van der Waals surface area contributed by atoms with Crippen LogP contribution in [0, 0.1) is 5.92 Å². The standard InChI is InChI=1S/C14H18N2O3/c1-3-9(4-2)8-15-14-16-11-6-5-10(13(17)18)7-12(11)19-14/h5-7,9H,3-4,8H2,1-2H3,(H,15,16)(H,17,18). The minimum atomic E-state index is -0.968. The molecular weight excluding hydrogens is 244 g/mol. The normalized spacial score (nSPS) is 11.1. The number of carbonyl (C=O) groups is 1. The minimum Gasteiger partial charge on any atom is -0.478 e. The predicted molar refractivity (Wildman–Crippen MR) is 73.5 cm³/mol. The van der Waals surface area contributed by atoms with Crippen LogP contribution in [0.5, 0.6) is 0 Å². The molecule has 0 unspecified atom stereocenters. The molecule has 1 aromatic carbocycles. The van der Waals surface area contributed by atoms with Crippen molar-refractivity contribution in [3.8, 4) is 0 Å². The average molecular weight is 262 g/mol. The summed E-state index contributed by atoms with van der Waals surface area (Å²) >= 11 is 0. The van der Waals surface area contributed by atoms with Crippen molar-refractivity contribution in [3.05, 3.63) is 23.8 Å². The number of nitrogens with one attached hydrogen (secondary N) is 1. The molecule has 0 atom stereocenters. The van der Waals surface area contributed by atoms with Gasteiger partial charge in [0.05, 0.1) is 5.56 Å². The summed E-state index contributed by atoms with van der Waals surface area (Å²) in [5, 5.41) is 12.1. The van der Waals surface area contributed by atoms with Crippen LogP contribution in [-0.4, -0.2) is 22.6 Å². The maximum Gasteiger partial charge on any atom is 0.335 e. The smallest absolute Gasteiger partial charge is 0.335 e. The van der Waals surface area contributed by atoms with Crippen LogP contribution >= 0.6 is 0 Å². The first-order valence-corrected chi connectivity index (χ1v) is 6.51.